The van der Waals surface area contributed by atoms with Gasteiger partial charge in [-0.3, -0.25) is 4.79 Å². The average molecular weight is 611 g/mol. The zero-order valence-electron chi connectivity index (χ0n) is 25.3. The topological polar surface area (TPSA) is 123 Å². The molecule has 3 N–H and O–H groups in total. The first kappa shape index (κ1) is 32.6. The maximum absolute atomic E-state index is 13.2. The van der Waals surface area contributed by atoms with E-state index in [-0.39, 0.29) is 25.6 Å². The third-order valence-electron chi connectivity index (χ3n) is 6.97. The predicted octanol–water partition coefficient (Wildman–Crippen LogP) is 5.91. The summed E-state index contributed by atoms with van der Waals surface area (Å²) >= 11 is 0. The number of carbonyl (C=O) groups is 3. The fraction of sp³-hybridized carbons (Fsp3) is 0.250. The number of nitrogens with one attached hydrogen (secondary N) is 2. The van der Waals surface area contributed by atoms with Gasteiger partial charge in [-0.05, 0) is 40.3 Å². The van der Waals surface area contributed by atoms with Gasteiger partial charge in [0.2, 0.25) is 5.91 Å². The van der Waals surface area contributed by atoms with Crippen LogP contribution in [-0.4, -0.2) is 35.2 Å². The molecule has 4 aromatic rings. The van der Waals surface area contributed by atoms with Crippen LogP contribution in [-0.2, 0) is 40.6 Å². The van der Waals surface area contributed by atoms with Crippen LogP contribution in [0, 0.1) is 5.92 Å². The number of hydrogen-bond donors (Lipinski definition) is 3. The van der Waals surface area contributed by atoms with Gasteiger partial charge in [0, 0.05) is 6.42 Å². The summed E-state index contributed by atoms with van der Waals surface area (Å²) < 4.78 is 17.4. The third-order valence-corrected chi connectivity index (χ3v) is 6.97. The molecule has 4 rings (SSSR count). The fourth-order valence-corrected chi connectivity index (χ4v) is 4.51. The molecule has 9 heteroatoms. The lowest BCUT2D eigenvalue weighted by Crippen LogP contribution is -2.54. The molecule has 0 bridgehead atoms. The number of carboxylic acid groups (broad SMARTS) is 1. The summed E-state index contributed by atoms with van der Waals surface area (Å²) in [6, 6.07) is 31.5. The number of aliphatic carboxylic acids is 1. The molecule has 0 fully saturated rings. The van der Waals surface area contributed by atoms with E-state index in [1.165, 1.54) is 0 Å². The van der Waals surface area contributed by atoms with E-state index in [1.807, 2.05) is 91.0 Å². The van der Waals surface area contributed by atoms with Crippen LogP contribution < -0.4 is 20.1 Å². The van der Waals surface area contributed by atoms with Crippen molar-refractivity contribution in [3.05, 3.63) is 131 Å². The molecule has 45 heavy (non-hydrogen) atoms. The second kappa shape index (κ2) is 16.5. The van der Waals surface area contributed by atoms with E-state index in [1.54, 1.807) is 32.0 Å². The highest BCUT2D eigenvalue weighted by atomic mass is 16.5. The average Bonchev–Trinajstić information content (AvgIpc) is 3.05. The van der Waals surface area contributed by atoms with E-state index in [9.17, 15) is 19.5 Å². The quantitative estimate of drug-likeness (QED) is 0.153. The Kier molecular flexibility index (Phi) is 12.0. The van der Waals surface area contributed by atoms with Crippen molar-refractivity contribution in [1.82, 2.24) is 10.6 Å². The van der Waals surface area contributed by atoms with Crippen LogP contribution in [0.5, 0.6) is 11.5 Å². The van der Waals surface area contributed by atoms with E-state index in [0.717, 1.165) is 16.7 Å². The van der Waals surface area contributed by atoms with Gasteiger partial charge >= 0.3 is 12.1 Å². The molecule has 2 atom stereocenters. The van der Waals surface area contributed by atoms with Gasteiger partial charge in [-0.1, -0.05) is 111 Å². The van der Waals surface area contributed by atoms with Crippen LogP contribution in [0.3, 0.4) is 0 Å². The van der Waals surface area contributed by atoms with Crippen molar-refractivity contribution in [1.29, 1.82) is 0 Å². The predicted molar refractivity (Wildman–Crippen MR) is 170 cm³/mol. The van der Waals surface area contributed by atoms with Crippen LogP contribution in [0.2, 0.25) is 0 Å². The molecule has 0 aliphatic rings. The maximum Gasteiger partial charge on any atom is 0.408 e. The lowest BCUT2D eigenvalue weighted by atomic mass is 10.0. The third kappa shape index (κ3) is 10.4. The lowest BCUT2D eigenvalue weighted by molar-refractivity contribution is -0.142. The highest BCUT2D eigenvalue weighted by Crippen LogP contribution is 2.31. The van der Waals surface area contributed by atoms with E-state index in [0.29, 0.717) is 23.7 Å². The summed E-state index contributed by atoms with van der Waals surface area (Å²) in [4.78, 5) is 37.9. The van der Waals surface area contributed by atoms with Crippen LogP contribution in [0.4, 0.5) is 4.79 Å². The molecule has 0 heterocycles. The Morgan fingerprint density at radius 3 is 1.67 bits per heavy atom. The van der Waals surface area contributed by atoms with Crippen molar-refractivity contribution in [3.8, 4) is 11.5 Å². The number of hydrogen-bond acceptors (Lipinski definition) is 6. The Morgan fingerprint density at radius 2 is 1.16 bits per heavy atom. The van der Waals surface area contributed by atoms with Crippen molar-refractivity contribution in [2.24, 2.45) is 5.92 Å². The monoisotopic (exact) mass is 610 g/mol. The molecular formula is C36H38N2O7. The lowest BCUT2D eigenvalue weighted by Gasteiger charge is -2.24. The number of carbonyl (C=O) groups excluding carboxylic acids is 2. The standard InChI is InChI=1S/C36H38N2O7/c1-25(2)33(38-36(42)45-24-28-16-10-5-11-17-28)34(39)37-30(35(40)41)20-29-18-19-31(43-22-26-12-6-3-7-13-26)32(21-29)44-23-27-14-8-4-9-15-27/h3-19,21,25,30,33H,20,22-24H2,1-2H3,(H,37,39)(H,38,42)(H,40,41)/t30-,33+/m1/s1. The molecule has 0 aliphatic carbocycles. The first-order valence-corrected chi connectivity index (χ1v) is 14.7. The minimum Gasteiger partial charge on any atom is -0.485 e. The molecule has 4 aromatic carbocycles. The van der Waals surface area contributed by atoms with E-state index in [2.05, 4.69) is 10.6 Å². The van der Waals surface area contributed by atoms with Gasteiger partial charge < -0.3 is 30.0 Å². The number of amides is 2. The second-order valence-corrected chi connectivity index (χ2v) is 10.9. The van der Waals surface area contributed by atoms with Gasteiger partial charge in [0.15, 0.2) is 11.5 Å². The number of alkyl carbamates (subject to hydrolysis) is 1. The number of benzene rings is 4. The van der Waals surface area contributed by atoms with Crippen LogP contribution >= 0.6 is 0 Å². The summed E-state index contributed by atoms with van der Waals surface area (Å²) in [5.74, 6) is -1.22. The van der Waals surface area contributed by atoms with Crippen molar-refractivity contribution in [2.75, 3.05) is 0 Å². The molecule has 0 aliphatic heterocycles. The van der Waals surface area contributed by atoms with Gasteiger partial charge in [0.25, 0.3) is 0 Å². The van der Waals surface area contributed by atoms with Gasteiger partial charge in [-0.25, -0.2) is 9.59 Å². The summed E-state index contributed by atoms with van der Waals surface area (Å²) in [6.07, 6.45) is -0.795. The zero-order chi connectivity index (χ0) is 32.0. The normalized spacial score (nSPS) is 12.1. The molecule has 9 nitrogen and oxygen atoms in total. The summed E-state index contributed by atoms with van der Waals surface area (Å²) in [5.41, 5.74) is 3.37. The Bertz CT molecular complexity index is 1530. The van der Waals surface area contributed by atoms with Crippen LogP contribution in [0.25, 0.3) is 0 Å². The Hall–Kier alpha value is -5.31. The second-order valence-electron chi connectivity index (χ2n) is 10.9. The van der Waals surface area contributed by atoms with Gasteiger partial charge in [-0.2, -0.15) is 0 Å². The molecule has 2 amide bonds. The summed E-state index contributed by atoms with van der Waals surface area (Å²) in [5, 5.41) is 15.2. The van der Waals surface area contributed by atoms with Gasteiger partial charge in [0.1, 0.15) is 31.9 Å². The molecule has 234 valence electrons. The maximum atomic E-state index is 13.2. The summed E-state index contributed by atoms with van der Waals surface area (Å²) in [7, 11) is 0. The number of rotatable bonds is 15. The molecule has 0 saturated heterocycles. The first-order valence-electron chi connectivity index (χ1n) is 14.7. The highest BCUT2D eigenvalue weighted by Gasteiger charge is 2.29. The zero-order valence-corrected chi connectivity index (χ0v) is 25.3. The Labute approximate surface area is 263 Å². The molecule has 0 saturated carbocycles. The molecule has 0 unspecified atom stereocenters. The number of carboxylic acids is 1. The fourth-order valence-electron chi connectivity index (χ4n) is 4.51. The minimum atomic E-state index is -1.26. The van der Waals surface area contributed by atoms with Crippen molar-refractivity contribution in [3.63, 3.8) is 0 Å². The molecular weight excluding hydrogens is 572 g/mol. The molecule has 0 aromatic heterocycles. The first-order chi connectivity index (χ1) is 21.8. The Balaban J connectivity index is 1.44. The van der Waals surface area contributed by atoms with E-state index < -0.39 is 30.1 Å². The van der Waals surface area contributed by atoms with Crippen molar-refractivity contribution >= 4 is 18.0 Å². The van der Waals surface area contributed by atoms with Crippen LogP contribution in [0.1, 0.15) is 36.1 Å². The van der Waals surface area contributed by atoms with Crippen LogP contribution in [0.15, 0.2) is 109 Å². The van der Waals surface area contributed by atoms with E-state index in [4.69, 9.17) is 14.2 Å². The van der Waals surface area contributed by atoms with Gasteiger partial charge in [-0.15, -0.1) is 0 Å². The summed E-state index contributed by atoms with van der Waals surface area (Å²) in [6.45, 7) is 4.15. The Morgan fingerprint density at radius 1 is 0.644 bits per heavy atom. The highest BCUT2D eigenvalue weighted by molar-refractivity contribution is 5.89. The minimum absolute atomic E-state index is 0.0228. The smallest absolute Gasteiger partial charge is 0.408 e. The van der Waals surface area contributed by atoms with Crippen molar-refractivity contribution < 1.29 is 33.7 Å². The molecule has 0 spiro atoms. The number of ether oxygens (including phenoxy) is 3. The van der Waals surface area contributed by atoms with E-state index >= 15 is 0 Å². The van der Waals surface area contributed by atoms with Gasteiger partial charge in [0.05, 0.1) is 0 Å². The van der Waals surface area contributed by atoms with Crippen molar-refractivity contribution in [2.45, 2.75) is 52.2 Å². The molecule has 0 radical (unpaired) electrons. The largest absolute Gasteiger partial charge is 0.485 e. The SMILES string of the molecule is CC(C)[C@H](NC(=O)OCc1ccccc1)C(=O)N[C@H](Cc1ccc(OCc2ccccc2)c(OCc2ccccc2)c1)C(=O)O.